The first-order valence-corrected chi connectivity index (χ1v) is 6.62. The fourth-order valence-corrected chi connectivity index (χ4v) is 1.79. The number of amides is 1. The molecule has 0 aliphatic rings. The Kier molecular flexibility index (Phi) is 5.03. The third-order valence-corrected chi connectivity index (χ3v) is 2.99. The number of carbonyl (C=O) groups excluding carboxylic acids is 1. The molecule has 0 saturated heterocycles. The molecular weight excluding hydrogens is 300 g/mol. The summed E-state index contributed by atoms with van der Waals surface area (Å²) in [6.07, 6.45) is 1.34. The number of phenolic OH excluding ortho intramolecular Hbond substituents is 2. The van der Waals surface area contributed by atoms with E-state index in [1.54, 1.807) is 24.3 Å². The Hall–Kier alpha value is -3.22. The lowest BCUT2D eigenvalue weighted by molar-refractivity contribution is 0.0954. The molecule has 7 heteroatoms. The van der Waals surface area contributed by atoms with Crippen LogP contribution in [0.15, 0.2) is 41.5 Å². The third-order valence-electron chi connectivity index (χ3n) is 2.99. The van der Waals surface area contributed by atoms with E-state index in [1.807, 2.05) is 0 Å². The van der Waals surface area contributed by atoms with Crippen molar-refractivity contribution in [3.05, 3.63) is 47.5 Å². The minimum atomic E-state index is -0.443. The number of phenols is 2. The zero-order valence-corrected chi connectivity index (χ0v) is 12.6. The number of benzene rings is 2. The van der Waals surface area contributed by atoms with Crippen molar-refractivity contribution in [3.63, 3.8) is 0 Å². The lowest BCUT2D eigenvalue weighted by Gasteiger charge is -2.07. The van der Waals surface area contributed by atoms with E-state index in [-0.39, 0.29) is 11.5 Å². The van der Waals surface area contributed by atoms with E-state index in [1.165, 1.54) is 32.6 Å². The Labute approximate surface area is 132 Å². The van der Waals surface area contributed by atoms with E-state index in [9.17, 15) is 15.0 Å². The molecule has 23 heavy (non-hydrogen) atoms. The molecule has 0 bridgehead atoms. The number of aromatic hydroxyl groups is 2. The molecule has 0 fully saturated rings. The van der Waals surface area contributed by atoms with Crippen molar-refractivity contribution < 1.29 is 24.5 Å². The van der Waals surface area contributed by atoms with Gasteiger partial charge < -0.3 is 19.7 Å². The van der Waals surface area contributed by atoms with E-state index >= 15 is 0 Å². The molecule has 0 saturated carbocycles. The molecule has 2 aromatic carbocycles. The average Bonchev–Trinajstić information content (AvgIpc) is 2.57. The number of methoxy groups -OCH3 is 2. The van der Waals surface area contributed by atoms with E-state index in [0.29, 0.717) is 22.6 Å². The van der Waals surface area contributed by atoms with E-state index in [4.69, 9.17) is 9.47 Å². The maximum atomic E-state index is 12.1. The van der Waals surface area contributed by atoms with Gasteiger partial charge in [-0.3, -0.25) is 4.79 Å². The summed E-state index contributed by atoms with van der Waals surface area (Å²) in [7, 11) is 2.98. The number of hydrogen-bond donors (Lipinski definition) is 3. The van der Waals surface area contributed by atoms with Gasteiger partial charge in [0.2, 0.25) is 0 Å². The molecule has 0 aromatic heterocycles. The molecule has 2 aromatic rings. The number of nitrogens with zero attached hydrogens (tertiary/aromatic N) is 1. The normalized spacial score (nSPS) is 10.5. The van der Waals surface area contributed by atoms with Crippen LogP contribution < -0.4 is 14.9 Å². The molecule has 0 radical (unpaired) electrons. The molecule has 0 atom stereocenters. The van der Waals surface area contributed by atoms with Gasteiger partial charge in [-0.2, -0.15) is 5.10 Å². The SMILES string of the molecule is COc1cc(OC)cc(C(=O)N/N=C/c2ccc(O)c(O)c2)c1. The highest BCUT2D eigenvalue weighted by molar-refractivity contribution is 5.95. The lowest BCUT2D eigenvalue weighted by Crippen LogP contribution is -2.17. The highest BCUT2D eigenvalue weighted by atomic mass is 16.5. The highest BCUT2D eigenvalue weighted by Crippen LogP contribution is 2.24. The first kappa shape index (κ1) is 16.2. The zero-order valence-electron chi connectivity index (χ0n) is 12.6. The predicted octanol–water partition coefficient (Wildman–Crippen LogP) is 1.88. The molecule has 3 N–H and O–H groups in total. The van der Waals surface area contributed by atoms with Crippen molar-refractivity contribution in [2.75, 3.05) is 14.2 Å². The first-order chi connectivity index (χ1) is 11.0. The Morgan fingerprint density at radius 1 is 1.04 bits per heavy atom. The van der Waals surface area contributed by atoms with Crippen LogP contribution in [0.2, 0.25) is 0 Å². The Morgan fingerprint density at radius 2 is 1.70 bits per heavy atom. The number of hydrazone groups is 1. The molecule has 0 heterocycles. The highest BCUT2D eigenvalue weighted by Gasteiger charge is 2.09. The molecular formula is C16H16N2O5. The van der Waals surface area contributed by atoms with Gasteiger partial charge in [0.25, 0.3) is 5.91 Å². The van der Waals surface area contributed by atoms with E-state index in [0.717, 1.165) is 0 Å². The number of nitrogens with one attached hydrogen (secondary N) is 1. The molecule has 0 aliphatic heterocycles. The second-order valence-corrected chi connectivity index (χ2v) is 4.55. The molecule has 0 aliphatic carbocycles. The largest absolute Gasteiger partial charge is 0.504 e. The van der Waals surface area contributed by atoms with Gasteiger partial charge >= 0.3 is 0 Å². The van der Waals surface area contributed by atoms with Crippen molar-refractivity contribution >= 4 is 12.1 Å². The summed E-state index contributed by atoms with van der Waals surface area (Å²) in [6.45, 7) is 0. The molecule has 0 unspecified atom stereocenters. The molecule has 7 nitrogen and oxygen atoms in total. The fraction of sp³-hybridized carbons (Fsp3) is 0.125. The number of rotatable bonds is 5. The molecule has 120 valence electrons. The van der Waals surface area contributed by atoms with Crippen LogP contribution >= 0.6 is 0 Å². The average molecular weight is 316 g/mol. The van der Waals surface area contributed by atoms with Crippen LogP contribution in [-0.2, 0) is 0 Å². The van der Waals surface area contributed by atoms with Gasteiger partial charge in [0.1, 0.15) is 11.5 Å². The van der Waals surface area contributed by atoms with E-state index < -0.39 is 5.91 Å². The maximum absolute atomic E-state index is 12.1. The van der Waals surface area contributed by atoms with Crippen molar-refractivity contribution in [3.8, 4) is 23.0 Å². The summed E-state index contributed by atoms with van der Waals surface area (Å²) in [6, 6.07) is 8.95. The lowest BCUT2D eigenvalue weighted by atomic mass is 10.2. The molecule has 0 spiro atoms. The summed E-state index contributed by atoms with van der Waals surface area (Å²) in [5, 5.41) is 22.4. The third kappa shape index (κ3) is 4.13. The summed E-state index contributed by atoms with van der Waals surface area (Å²) in [5.41, 5.74) is 3.20. The maximum Gasteiger partial charge on any atom is 0.271 e. The number of hydrogen-bond acceptors (Lipinski definition) is 6. The number of ether oxygens (including phenoxy) is 2. The van der Waals surface area contributed by atoms with E-state index in [2.05, 4.69) is 10.5 Å². The molecule has 2 rings (SSSR count). The van der Waals surface area contributed by atoms with Crippen LogP contribution in [-0.4, -0.2) is 36.6 Å². The van der Waals surface area contributed by atoms with Crippen LogP contribution in [0.3, 0.4) is 0 Å². The predicted molar refractivity (Wildman–Crippen MR) is 84.4 cm³/mol. The van der Waals surface area contributed by atoms with Crippen LogP contribution in [0.25, 0.3) is 0 Å². The fourth-order valence-electron chi connectivity index (χ4n) is 1.79. The standard InChI is InChI=1S/C16H16N2O5/c1-22-12-6-11(7-13(8-12)23-2)16(21)18-17-9-10-3-4-14(19)15(20)5-10/h3-9,19-20H,1-2H3,(H,18,21)/b17-9+. The van der Waals surface area contributed by atoms with Crippen molar-refractivity contribution in [2.24, 2.45) is 5.10 Å². The Morgan fingerprint density at radius 3 is 2.26 bits per heavy atom. The van der Waals surface area contributed by atoms with Gasteiger partial charge in [0.05, 0.1) is 20.4 Å². The van der Waals surface area contributed by atoms with Crippen LogP contribution in [0.1, 0.15) is 15.9 Å². The monoisotopic (exact) mass is 316 g/mol. The van der Waals surface area contributed by atoms with Gasteiger partial charge in [0, 0.05) is 11.6 Å². The summed E-state index contributed by atoms with van der Waals surface area (Å²) in [5.74, 6) is 0.0396. The van der Waals surface area contributed by atoms with Crippen LogP contribution in [0.5, 0.6) is 23.0 Å². The summed E-state index contributed by atoms with van der Waals surface area (Å²) in [4.78, 5) is 12.1. The van der Waals surface area contributed by atoms with Gasteiger partial charge in [-0.15, -0.1) is 0 Å². The second kappa shape index (κ2) is 7.17. The van der Waals surface area contributed by atoms with Gasteiger partial charge in [-0.1, -0.05) is 0 Å². The smallest absolute Gasteiger partial charge is 0.271 e. The van der Waals surface area contributed by atoms with Gasteiger partial charge in [0.15, 0.2) is 11.5 Å². The van der Waals surface area contributed by atoms with Gasteiger partial charge in [-0.05, 0) is 35.9 Å². The minimum Gasteiger partial charge on any atom is -0.504 e. The van der Waals surface area contributed by atoms with Crippen molar-refractivity contribution in [1.82, 2.24) is 5.43 Å². The number of carbonyl (C=O) groups is 1. The second-order valence-electron chi connectivity index (χ2n) is 4.55. The minimum absolute atomic E-state index is 0.227. The first-order valence-electron chi connectivity index (χ1n) is 6.62. The van der Waals surface area contributed by atoms with Crippen LogP contribution in [0, 0.1) is 0 Å². The summed E-state index contributed by atoms with van der Waals surface area (Å²) < 4.78 is 10.2. The quantitative estimate of drug-likeness (QED) is 0.444. The van der Waals surface area contributed by atoms with Gasteiger partial charge in [-0.25, -0.2) is 5.43 Å². The van der Waals surface area contributed by atoms with Crippen molar-refractivity contribution in [2.45, 2.75) is 0 Å². The summed E-state index contributed by atoms with van der Waals surface area (Å²) >= 11 is 0. The Balaban J connectivity index is 2.09. The Bertz CT molecular complexity index is 721. The topological polar surface area (TPSA) is 100 Å². The van der Waals surface area contributed by atoms with Crippen LogP contribution in [0.4, 0.5) is 0 Å². The van der Waals surface area contributed by atoms with Crippen molar-refractivity contribution in [1.29, 1.82) is 0 Å². The molecule has 1 amide bonds. The zero-order chi connectivity index (χ0) is 16.8.